The molecule has 1 amide bonds. The smallest absolute Gasteiger partial charge is 0.280 e. The van der Waals surface area contributed by atoms with Gasteiger partial charge in [0.25, 0.3) is 5.69 Å². The zero-order valence-electron chi connectivity index (χ0n) is 13.0. The number of fused-ring (bicyclic) bond motifs is 1. The lowest BCUT2D eigenvalue weighted by atomic mass is 10.0. The molecule has 2 aliphatic heterocycles. The molecule has 4 rings (SSSR count). The maximum atomic E-state index is 12.1. The molecule has 2 aliphatic rings. The molecule has 2 aromatic rings. The van der Waals surface area contributed by atoms with Gasteiger partial charge in [0.05, 0.1) is 16.5 Å². The van der Waals surface area contributed by atoms with Crippen LogP contribution in [0, 0.1) is 10.1 Å². The van der Waals surface area contributed by atoms with Gasteiger partial charge in [0.2, 0.25) is 5.91 Å². The van der Waals surface area contributed by atoms with Crippen molar-refractivity contribution in [2.45, 2.75) is 31.5 Å². The van der Waals surface area contributed by atoms with E-state index >= 15 is 0 Å². The monoisotopic (exact) mass is 327 g/mol. The summed E-state index contributed by atoms with van der Waals surface area (Å²) in [6.45, 7) is 0.843. The SMILES string of the molecule is O=C1N[C@@H](c2ccc(-c3ccccc3[N+](=O)[O-])o2)N2CCCC[C@H]12. The number of para-hydroxylation sites is 1. The average Bonchev–Trinajstić information content (AvgIpc) is 3.20. The van der Waals surface area contributed by atoms with Crippen molar-refractivity contribution in [3.8, 4) is 11.3 Å². The Morgan fingerprint density at radius 2 is 2.04 bits per heavy atom. The zero-order valence-corrected chi connectivity index (χ0v) is 13.0. The normalized spacial score (nSPS) is 23.8. The molecular formula is C17H17N3O4. The first-order chi connectivity index (χ1) is 11.6. The number of carbonyl (C=O) groups is 1. The van der Waals surface area contributed by atoms with E-state index < -0.39 is 4.92 Å². The van der Waals surface area contributed by atoms with Gasteiger partial charge in [-0.1, -0.05) is 18.6 Å². The number of nitrogens with one attached hydrogen (secondary N) is 1. The fraction of sp³-hybridized carbons (Fsp3) is 0.353. The summed E-state index contributed by atoms with van der Waals surface area (Å²) in [7, 11) is 0. The molecule has 124 valence electrons. The van der Waals surface area contributed by atoms with E-state index in [0.717, 1.165) is 25.8 Å². The van der Waals surface area contributed by atoms with Crippen LogP contribution in [-0.2, 0) is 4.79 Å². The Labute approximate surface area is 138 Å². The van der Waals surface area contributed by atoms with Crippen LogP contribution in [0.3, 0.4) is 0 Å². The molecular weight excluding hydrogens is 310 g/mol. The molecule has 0 radical (unpaired) electrons. The number of piperidine rings is 1. The van der Waals surface area contributed by atoms with Crippen LogP contribution in [0.1, 0.15) is 31.2 Å². The Bertz CT molecular complexity index is 801. The number of nitro groups is 1. The zero-order chi connectivity index (χ0) is 16.7. The lowest BCUT2D eigenvalue weighted by molar-refractivity contribution is -0.384. The van der Waals surface area contributed by atoms with E-state index in [1.54, 1.807) is 30.3 Å². The van der Waals surface area contributed by atoms with E-state index in [1.807, 2.05) is 0 Å². The van der Waals surface area contributed by atoms with Gasteiger partial charge in [-0.2, -0.15) is 0 Å². The highest BCUT2D eigenvalue weighted by molar-refractivity contribution is 5.84. The molecule has 0 saturated carbocycles. The van der Waals surface area contributed by atoms with Crippen molar-refractivity contribution in [1.29, 1.82) is 0 Å². The van der Waals surface area contributed by atoms with Crippen molar-refractivity contribution in [3.63, 3.8) is 0 Å². The largest absolute Gasteiger partial charge is 0.457 e. The Hall–Kier alpha value is -2.67. The summed E-state index contributed by atoms with van der Waals surface area (Å²) >= 11 is 0. The first-order valence-corrected chi connectivity index (χ1v) is 8.05. The van der Waals surface area contributed by atoms with E-state index in [-0.39, 0.29) is 23.8 Å². The minimum atomic E-state index is -0.421. The molecule has 0 bridgehead atoms. The van der Waals surface area contributed by atoms with Crippen LogP contribution in [0.15, 0.2) is 40.8 Å². The van der Waals surface area contributed by atoms with Crippen LogP contribution >= 0.6 is 0 Å². The first kappa shape index (κ1) is 14.9. The molecule has 0 unspecified atom stereocenters. The van der Waals surface area contributed by atoms with Crippen LogP contribution in [0.2, 0.25) is 0 Å². The summed E-state index contributed by atoms with van der Waals surface area (Å²) in [6, 6.07) is 9.90. The lowest BCUT2D eigenvalue weighted by Crippen LogP contribution is -2.38. The summed E-state index contributed by atoms with van der Waals surface area (Å²) in [5.74, 6) is 1.08. The maximum Gasteiger partial charge on any atom is 0.280 e. The second-order valence-corrected chi connectivity index (χ2v) is 6.14. The van der Waals surface area contributed by atoms with Crippen molar-refractivity contribution in [2.24, 2.45) is 0 Å². The van der Waals surface area contributed by atoms with Gasteiger partial charge >= 0.3 is 0 Å². The topological polar surface area (TPSA) is 88.6 Å². The van der Waals surface area contributed by atoms with E-state index in [1.165, 1.54) is 6.07 Å². The highest BCUT2D eigenvalue weighted by Gasteiger charge is 2.42. The summed E-state index contributed by atoms with van der Waals surface area (Å²) in [5.41, 5.74) is 0.443. The Kier molecular flexibility index (Phi) is 3.57. The molecule has 2 saturated heterocycles. The average molecular weight is 327 g/mol. The highest BCUT2D eigenvalue weighted by atomic mass is 16.6. The number of hydrogen-bond acceptors (Lipinski definition) is 5. The maximum absolute atomic E-state index is 12.1. The minimum absolute atomic E-state index is 0.00436. The van der Waals surface area contributed by atoms with Crippen LogP contribution < -0.4 is 5.32 Å². The molecule has 2 atom stereocenters. The van der Waals surface area contributed by atoms with E-state index in [9.17, 15) is 14.9 Å². The van der Waals surface area contributed by atoms with Gasteiger partial charge in [0, 0.05) is 12.6 Å². The number of amides is 1. The van der Waals surface area contributed by atoms with Gasteiger partial charge in [0.1, 0.15) is 17.7 Å². The van der Waals surface area contributed by atoms with Crippen molar-refractivity contribution in [3.05, 3.63) is 52.3 Å². The van der Waals surface area contributed by atoms with E-state index in [0.29, 0.717) is 17.1 Å². The molecule has 1 aromatic carbocycles. The summed E-state index contributed by atoms with van der Waals surface area (Å²) in [4.78, 5) is 25.0. The number of nitro benzene ring substituents is 1. The number of hydrogen-bond donors (Lipinski definition) is 1. The third-order valence-corrected chi connectivity index (χ3v) is 4.72. The number of rotatable bonds is 3. The van der Waals surface area contributed by atoms with Gasteiger partial charge in [-0.3, -0.25) is 19.8 Å². The molecule has 0 aliphatic carbocycles. The molecule has 24 heavy (non-hydrogen) atoms. The van der Waals surface area contributed by atoms with Crippen LogP contribution in [0.25, 0.3) is 11.3 Å². The fourth-order valence-corrected chi connectivity index (χ4v) is 3.58. The predicted octanol–water partition coefficient (Wildman–Crippen LogP) is 2.84. The molecule has 7 nitrogen and oxygen atoms in total. The minimum Gasteiger partial charge on any atom is -0.457 e. The molecule has 2 fully saturated rings. The summed E-state index contributed by atoms with van der Waals surface area (Å²) in [5, 5.41) is 14.2. The van der Waals surface area contributed by atoms with Crippen LogP contribution in [-0.4, -0.2) is 28.3 Å². The number of benzene rings is 1. The van der Waals surface area contributed by atoms with Gasteiger partial charge in [-0.05, 0) is 31.0 Å². The fourth-order valence-electron chi connectivity index (χ4n) is 3.58. The number of nitrogens with zero attached hydrogens (tertiary/aromatic N) is 2. The number of carbonyl (C=O) groups excluding carboxylic acids is 1. The quantitative estimate of drug-likeness (QED) is 0.692. The predicted molar refractivity (Wildman–Crippen MR) is 86.0 cm³/mol. The Morgan fingerprint density at radius 3 is 2.88 bits per heavy atom. The molecule has 3 heterocycles. The van der Waals surface area contributed by atoms with Crippen LogP contribution in [0.4, 0.5) is 5.69 Å². The second kappa shape index (κ2) is 5.76. The third-order valence-electron chi connectivity index (χ3n) is 4.72. The van der Waals surface area contributed by atoms with Gasteiger partial charge < -0.3 is 9.73 Å². The van der Waals surface area contributed by atoms with Crippen molar-refractivity contribution < 1.29 is 14.1 Å². The van der Waals surface area contributed by atoms with Crippen LogP contribution in [0.5, 0.6) is 0 Å². The molecule has 0 spiro atoms. The highest BCUT2D eigenvalue weighted by Crippen LogP contribution is 2.36. The second-order valence-electron chi connectivity index (χ2n) is 6.14. The molecule has 1 N–H and O–H groups in total. The molecule has 7 heteroatoms. The van der Waals surface area contributed by atoms with E-state index in [2.05, 4.69) is 10.2 Å². The third kappa shape index (κ3) is 2.37. The van der Waals surface area contributed by atoms with Gasteiger partial charge in [-0.15, -0.1) is 0 Å². The Balaban J connectivity index is 1.66. The van der Waals surface area contributed by atoms with Gasteiger partial charge in [-0.25, -0.2) is 0 Å². The number of furan rings is 1. The Morgan fingerprint density at radius 1 is 1.21 bits per heavy atom. The van der Waals surface area contributed by atoms with E-state index in [4.69, 9.17) is 4.42 Å². The standard InChI is InChI=1S/C17H17N3O4/c21-17-13-7-3-4-10-19(13)16(18-17)15-9-8-14(24-15)11-5-1-2-6-12(11)20(22)23/h1-2,5-6,8-9,13,16H,3-4,7,10H2,(H,18,21)/t13-,16-/m1/s1. The van der Waals surface area contributed by atoms with Gasteiger partial charge in [0.15, 0.2) is 0 Å². The van der Waals surface area contributed by atoms with Crippen molar-refractivity contribution in [2.75, 3.05) is 6.54 Å². The van der Waals surface area contributed by atoms with Crippen molar-refractivity contribution >= 4 is 11.6 Å². The lowest BCUT2D eigenvalue weighted by Gasteiger charge is -2.30. The summed E-state index contributed by atoms with van der Waals surface area (Å²) < 4.78 is 5.88. The van der Waals surface area contributed by atoms with Crippen molar-refractivity contribution in [1.82, 2.24) is 10.2 Å². The molecule has 1 aromatic heterocycles. The summed E-state index contributed by atoms with van der Waals surface area (Å²) in [6.07, 6.45) is 2.68. The first-order valence-electron chi connectivity index (χ1n) is 8.05.